The van der Waals surface area contributed by atoms with Crippen molar-refractivity contribution in [3.63, 3.8) is 0 Å². The highest BCUT2D eigenvalue weighted by atomic mass is 16.1. The molecule has 0 radical (unpaired) electrons. The van der Waals surface area contributed by atoms with Crippen molar-refractivity contribution in [3.8, 4) is 0 Å². The molecule has 3 heteroatoms. The molecule has 0 spiro atoms. The van der Waals surface area contributed by atoms with Crippen molar-refractivity contribution in [2.45, 2.75) is 32.7 Å². The van der Waals surface area contributed by atoms with Gasteiger partial charge < -0.3 is 10.6 Å². The van der Waals surface area contributed by atoms with Crippen molar-refractivity contribution >= 4 is 5.91 Å². The van der Waals surface area contributed by atoms with Crippen LogP contribution in [0.25, 0.3) is 0 Å². The molecule has 1 aliphatic carbocycles. The second kappa shape index (κ2) is 4.45. The van der Waals surface area contributed by atoms with Crippen LogP contribution in [0.5, 0.6) is 0 Å². The van der Waals surface area contributed by atoms with E-state index in [9.17, 15) is 4.79 Å². The van der Waals surface area contributed by atoms with Crippen LogP contribution in [0.1, 0.15) is 26.7 Å². The predicted octanol–water partition coefficient (Wildman–Crippen LogP) is 0.511. The average Bonchev–Trinajstić information content (AvgIpc) is 2.80. The summed E-state index contributed by atoms with van der Waals surface area (Å²) in [5.41, 5.74) is 0. The molecule has 0 aromatic rings. The van der Waals surface area contributed by atoms with E-state index in [-0.39, 0.29) is 5.91 Å². The Kier molecular flexibility index (Phi) is 3.53. The third-order valence-corrected chi connectivity index (χ3v) is 1.84. The molecule has 1 amide bonds. The number of carbonyl (C=O) groups excluding carboxylic acids is 1. The average molecular weight is 170 g/mol. The van der Waals surface area contributed by atoms with E-state index in [1.165, 1.54) is 12.8 Å². The fourth-order valence-corrected chi connectivity index (χ4v) is 0.905. The van der Waals surface area contributed by atoms with E-state index in [4.69, 9.17) is 0 Å². The summed E-state index contributed by atoms with van der Waals surface area (Å²) in [6.45, 7) is 5.45. The van der Waals surface area contributed by atoms with Crippen LogP contribution in [0, 0.1) is 5.92 Å². The summed E-state index contributed by atoms with van der Waals surface area (Å²) >= 11 is 0. The van der Waals surface area contributed by atoms with E-state index in [1.807, 2.05) is 0 Å². The van der Waals surface area contributed by atoms with Gasteiger partial charge in [-0.2, -0.15) is 0 Å². The highest BCUT2D eigenvalue weighted by molar-refractivity contribution is 5.78. The SMILES string of the molecule is CC(C)CNC(=O)CNC1CC1. The lowest BCUT2D eigenvalue weighted by atomic mass is 10.2. The van der Waals surface area contributed by atoms with Crippen molar-refractivity contribution in [1.82, 2.24) is 10.6 Å². The Balaban J connectivity index is 1.95. The van der Waals surface area contributed by atoms with Crippen LogP contribution in [-0.2, 0) is 4.79 Å². The third kappa shape index (κ3) is 4.34. The van der Waals surface area contributed by atoms with Crippen molar-refractivity contribution in [2.24, 2.45) is 5.92 Å². The molecule has 0 aliphatic heterocycles. The molecule has 0 saturated heterocycles. The zero-order valence-corrected chi connectivity index (χ0v) is 7.89. The number of hydrogen-bond donors (Lipinski definition) is 2. The normalized spacial score (nSPS) is 16.6. The first kappa shape index (κ1) is 9.52. The number of amides is 1. The van der Waals surface area contributed by atoms with Gasteiger partial charge in [0.05, 0.1) is 6.54 Å². The Morgan fingerprint density at radius 3 is 2.67 bits per heavy atom. The third-order valence-electron chi connectivity index (χ3n) is 1.84. The molecule has 70 valence electrons. The van der Waals surface area contributed by atoms with Crippen LogP contribution in [0.3, 0.4) is 0 Å². The van der Waals surface area contributed by atoms with Gasteiger partial charge in [-0.25, -0.2) is 0 Å². The van der Waals surface area contributed by atoms with Gasteiger partial charge in [0, 0.05) is 12.6 Å². The molecule has 1 rings (SSSR count). The minimum absolute atomic E-state index is 0.121. The Bertz CT molecular complexity index is 145. The highest BCUT2D eigenvalue weighted by Crippen LogP contribution is 2.17. The summed E-state index contributed by atoms with van der Waals surface area (Å²) in [5, 5.41) is 6.03. The molecule has 0 heterocycles. The zero-order valence-electron chi connectivity index (χ0n) is 7.89. The van der Waals surface area contributed by atoms with Gasteiger partial charge >= 0.3 is 0 Å². The van der Waals surface area contributed by atoms with E-state index in [0.717, 1.165) is 6.54 Å². The van der Waals surface area contributed by atoms with Crippen molar-refractivity contribution in [3.05, 3.63) is 0 Å². The summed E-state index contributed by atoms with van der Waals surface area (Å²) < 4.78 is 0. The van der Waals surface area contributed by atoms with Gasteiger partial charge in [0.25, 0.3) is 0 Å². The first-order chi connectivity index (χ1) is 5.68. The molecule has 1 saturated carbocycles. The van der Waals surface area contributed by atoms with Crippen molar-refractivity contribution in [2.75, 3.05) is 13.1 Å². The van der Waals surface area contributed by atoms with Gasteiger partial charge in [-0.05, 0) is 18.8 Å². The van der Waals surface area contributed by atoms with Crippen LogP contribution in [0.15, 0.2) is 0 Å². The lowest BCUT2D eigenvalue weighted by Crippen LogP contribution is -2.36. The summed E-state index contributed by atoms with van der Waals surface area (Å²) in [6.07, 6.45) is 2.47. The summed E-state index contributed by atoms with van der Waals surface area (Å²) in [7, 11) is 0. The van der Waals surface area contributed by atoms with Gasteiger partial charge in [-0.15, -0.1) is 0 Å². The maximum absolute atomic E-state index is 11.1. The van der Waals surface area contributed by atoms with E-state index < -0.39 is 0 Å². The molecular formula is C9H18N2O. The van der Waals surface area contributed by atoms with E-state index >= 15 is 0 Å². The first-order valence-electron chi connectivity index (χ1n) is 4.68. The molecule has 1 fully saturated rings. The van der Waals surface area contributed by atoms with Crippen LogP contribution < -0.4 is 10.6 Å². The summed E-state index contributed by atoms with van der Waals surface area (Å²) in [4.78, 5) is 11.1. The van der Waals surface area contributed by atoms with Gasteiger partial charge in [-0.1, -0.05) is 13.8 Å². The Hall–Kier alpha value is -0.570. The van der Waals surface area contributed by atoms with Crippen LogP contribution in [0.4, 0.5) is 0 Å². The number of hydrogen-bond acceptors (Lipinski definition) is 2. The van der Waals surface area contributed by atoms with Crippen molar-refractivity contribution in [1.29, 1.82) is 0 Å². The minimum Gasteiger partial charge on any atom is -0.355 e. The lowest BCUT2D eigenvalue weighted by Gasteiger charge is -2.07. The summed E-state index contributed by atoms with van der Waals surface area (Å²) in [5.74, 6) is 0.658. The largest absolute Gasteiger partial charge is 0.355 e. The molecular weight excluding hydrogens is 152 g/mol. The smallest absolute Gasteiger partial charge is 0.233 e. The molecule has 0 aromatic carbocycles. The molecule has 2 N–H and O–H groups in total. The molecule has 1 aliphatic rings. The van der Waals surface area contributed by atoms with Crippen LogP contribution >= 0.6 is 0 Å². The number of nitrogens with one attached hydrogen (secondary N) is 2. The number of rotatable bonds is 5. The Morgan fingerprint density at radius 2 is 2.17 bits per heavy atom. The molecule has 0 unspecified atom stereocenters. The summed E-state index contributed by atoms with van der Waals surface area (Å²) in [6, 6.07) is 0.620. The van der Waals surface area contributed by atoms with Gasteiger partial charge in [0.1, 0.15) is 0 Å². The lowest BCUT2D eigenvalue weighted by molar-refractivity contribution is -0.120. The fraction of sp³-hybridized carbons (Fsp3) is 0.889. The molecule has 3 nitrogen and oxygen atoms in total. The van der Waals surface area contributed by atoms with Gasteiger partial charge in [-0.3, -0.25) is 4.79 Å². The van der Waals surface area contributed by atoms with Crippen molar-refractivity contribution < 1.29 is 4.79 Å². The van der Waals surface area contributed by atoms with Crippen LogP contribution in [-0.4, -0.2) is 25.0 Å². The molecule has 0 atom stereocenters. The molecule has 0 aromatic heterocycles. The second-order valence-electron chi connectivity index (χ2n) is 3.85. The molecule has 12 heavy (non-hydrogen) atoms. The topological polar surface area (TPSA) is 41.1 Å². The maximum Gasteiger partial charge on any atom is 0.233 e. The zero-order chi connectivity index (χ0) is 8.97. The van der Waals surface area contributed by atoms with Gasteiger partial charge in [0.15, 0.2) is 0 Å². The standard InChI is InChI=1S/C9H18N2O/c1-7(2)5-11-9(12)6-10-8-3-4-8/h7-8,10H,3-6H2,1-2H3,(H,11,12). The second-order valence-corrected chi connectivity index (χ2v) is 3.85. The quantitative estimate of drug-likeness (QED) is 0.631. The maximum atomic E-state index is 11.1. The van der Waals surface area contributed by atoms with Gasteiger partial charge in [0.2, 0.25) is 5.91 Å². The Labute approximate surface area is 73.9 Å². The minimum atomic E-state index is 0.121. The van der Waals surface area contributed by atoms with Crippen LogP contribution in [0.2, 0.25) is 0 Å². The van der Waals surface area contributed by atoms with E-state index in [1.54, 1.807) is 0 Å². The van der Waals surface area contributed by atoms with E-state index in [2.05, 4.69) is 24.5 Å². The number of carbonyl (C=O) groups is 1. The Morgan fingerprint density at radius 1 is 1.50 bits per heavy atom. The van der Waals surface area contributed by atoms with E-state index in [0.29, 0.717) is 18.5 Å². The monoisotopic (exact) mass is 170 g/mol. The fourth-order valence-electron chi connectivity index (χ4n) is 0.905. The molecule has 0 bridgehead atoms. The highest BCUT2D eigenvalue weighted by Gasteiger charge is 2.20. The first-order valence-corrected chi connectivity index (χ1v) is 4.68. The predicted molar refractivity (Wildman–Crippen MR) is 48.9 cm³/mol.